The van der Waals surface area contributed by atoms with E-state index in [1.165, 1.54) is 34.3 Å². The van der Waals surface area contributed by atoms with Gasteiger partial charge in [0.2, 0.25) is 10.0 Å². The number of ether oxygens (including phenoxy) is 1. The molecule has 3 atom stereocenters. The number of hydrogen-bond acceptors (Lipinski definition) is 5. The zero-order valence-electron chi connectivity index (χ0n) is 19.1. The molecule has 2 aliphatic carbocycles. The summed E-state index contributed by atoms with van der Waals surface area (Å²) < 4.78 is 48.4. The topological polar surface area (TPSA) is 76.2 Å². The smallest absolute Gasteiger partial charge is 0.243 e. The minimum atomic E-state index is -3.61. The van der Waals surface area contributed by atoms with Gasteiger partial charge >= 0.3 is 0 Å². The van der Waals surface area contributed by atoms with Crippen molar-refractivity contribution in [3.63, 3.8) is 0 Å². The second-order valence-electron chi connectivity index (χ2n) is 9.69. The Labute approximate surface area is 198 Å². The second kappa shape index (κ2) is 7.63. The van der Waals surface area contributed by atoms with Gasteiger partial charge < -0.3 is 4.74 Å². The lowest BCUT2D eigenvalue weighted by atomic mass is 9.81. The Morgan fingerprint density at radius 2 is 2.03 bits per heavy atom. The number of halogens is 1. The molecule has 1 aromatic heterocycles. The number of likely N-dealkylation sites (tertiary alicyclic amines) is 1. The van der Waals surface area contributed by atoms with Crippen LogP contribution in [0.15, 0.2) is 59.8 Å². The van der Waals surface area contributed by atoms with Crippen LogP contribution in [0.25, 0.3) is 0 Å². The van der Waals surface area contributed by atoms with Crippen LogP contribution >= 0.6 is 0 Å². The number of hydrogen-bond donors (Lipinski definition) is 1. The van der Waals surface area contributed by atoms with Crippen molar-refractivity contribution in [2.45, 2.75) is 35.7 Å². The van der Waals surface area contributed by atoms with E-state index in [9.17, 15) is 12.8 Å². The lowest BCUT2D eigenvalue weighted by Crippen LogP contribution is -2.31. The van der Waals surface area contributed by atoms with E-state index in [2.05, 4.69) is 33.9 Å². The summed E-state index contributed by atoms with van der Waals surface area (Å²) in [5.74, 6) is 0.847. The molecule has 1 saturated heterocycles. The van der Waals surface area contributed by atoms with Crippen molar-refractivity contribution in [2.24, 2.45) is 12.5 Å². The van der Waals surface area contributed by atoms with Gasteiger partial charge in [-0.15, -0.1) is 0 Å². The molecule has 3 unspecified atom stereocenters. The molecule has 0 bridgehead atoms. The fraction of sp³-hybridized carbons (Fsp3) is 0.400. The van der Waals surface area contributed by atoms with Crippen LogP contribution in [0, 0.1) is 11.2 Å². The average Bonchev–Trinajstić information content (AvgIpc) is 3.55. The number of nitrogens with one attached hydrogen (secondary N) is 1. The highest BCUT2D eigenvalue weighted by Gasteiger charge is 2.84. The minimum Gasteiger partial charge on any atom is -0.492 e. The van der Waals surface area contributed by atoms with Crippen LogP contribution in [-0.2, 0) is 29.9 Å². The highest BCUT2D eigenvalue weighted by molar-refractivity contribution is 7.89. The Morgan fingerprint density at radius 1 is 1.21 bits per heavy atom. The number of sulfonamides is 1. The number of rotatable bonds is 8. The summed E-state index contributed by atoms with van der Waals surface area (Å²) in [6, 6.07) is 14.3. The Bertz CT molecular complexity index is 1360. The van der Waals surface area contributed by atoms with Crippen molar-refractivity contribution in [3.8, 4) is 5.75 Å². The van der Waals surface area contributed by atoms with Gasteiger partial charge in [-0.2, -0.15) is 5.10 Å². The van der Waals surface area contributed by atoms with E-state index in [1.54, 1.807) is 19.2 Å². The van der Waals surface area contributed by atoms with Crippen LogP contribution in [0.4, 0.5) is 4.39 Å². The van der Waals surface area contributed by atoms with Gasteiger partial charge in [0, 0.05) is 37.3 Å². The molecule has 0 radical (unpaired) electrons. The fourth-order valence-electron chi connectivity index (χ4n) is 6.11. The van der Waals surface area contributed by atoms with Crippen molar-refractivity contribution < 1.29 is 17.5 Å². The lowest BCUT2D eigenvalue weighted by molar-refractivity contribution is 0.226. The summed E-state index contributed by atoms with van der Waals surface area (Å²) in [5.41, 5.74) is 3.88. The SMILES string of the molecule is CN1C2C1C21Cc2ccc(OCCNS(=O)(=O)c3cnn(C)c3)cc2C1Cc1cccc(F)c1. The molecule has 2 aromatic carbocycles. The predicted octanol–water partition coefficient (Wildman–Crippen LogP) is 2.48. The number of likely N-dealkylation sites (N-methyl/N-ethyl adjacent to an activating group) is 1. The van der Waals surface area contributed by atoms with E-state index in [-0.39, 0.29) is 29.3 Å². The third kappa shape index (κ3) is 3.45. The van der Waals surface area contributed by atoms with Crippen molar-refractivity contribution in [3.05, 3.63) is 77.4 Å². The summed E-state index contributed by atoms with van der Waals surface area (Å²) in [7, 11) is 0.229. The molecule has 7 nitrogen and oxygen atoms in total. The molecule has 6 rings (SSSR count). The van der Waals surface area contributed by atoms with Gasteiger partial charge in [-0.3, -0.25) is 9.58 Å². The normalized spacial score (nSPS) is 28.6. The molecule has 1 aliphatic heterocycles. The molecule has 34 heavy (non-hydrogen) atoms. The van der Waals surface area contributed by atoms with Crippen LogP contribution in [0.3, 0.4) is 0 Å². The molecular formula is C25H27FN4O3S. The fourth-order valence-corrected chi connectivity index (χ4v) is 7.11. The summed E-state index contributed by atoms with van der Waals surface area (Å²) in [6.07, 6.45) is 4.63. The first-order chi connectivity index (χ1) is 16.3. The van der Waals surface area contributed by atoms with Crippen LogP contribution in [-0.4, -0.2) is 55.4 Å². The molecule has 178 valence electrons. The summed E-state index contributed by atoms with van der Waals surface area (Å²) >= 11 is 0. The molecule has 3 aliphatic rings. The van der Waals surface area contributed by atoms with E-state index >= 15 is 0 Å². The zero-order chi connectivity index (χ0) is 23.7. The summed E-state index contributed by atoms with van der Waals surface area (Å²) in [6.45, 7) is 0.367. The lowest BCUT2D eigenvalue weighted by Gasteiger charge is -2.29. The largest absolute Gasteiger partial charge is 0.492 e. The molecule has 9 heteroatoms. The maximum absolute atomic E-state index is 13.8. The van der Waals surface area contributed by atoms with E-state index in [4.69, 9.17) is 4.74 Å². The first kappa shape index (κ1) is 21.8. The van der Waals surface area contributed by atoms with Crippen LogP contribution in [0.2, 0.25) is 0 Å². The Kier molecular flexibility index (Phi) is 4.88. The minimum absolute atomic E-state index is 0.131. The van der Waals surface area contributed by atoms with E-state index in [0.29, 0.717) is 18.0 Å². The third-order valence-corrected chi connectivity index (χ3v) is 9.12. The van der Waals surface area contributed by atoms with Gasteiger partial charge in [-0.1, -0.05) is 18.2 Å². The van der Waals surface area contributed by atoms with E-state index in [0.717, 1.165) is 24.2 Å². The van der Waals surface area contributed by atoms with Crippen LogP contribution < -0.4 is 9.46 Å². The zero-order valence-corrected chi connectivity index (χ0v) is 19.9. The molecule has 1 saturated carbocycles. The predicted molar refractivity (Wildman–Crippen MR) is 125 cm³/mol. The number of fused-ring (bicyclic) bond motifs is 4. The van der Waals surface area contributed by atoms with Crippen molar-refractivity contribution >= 4 is 10.0 Å². The van der Waals surface area contributed by atoms with Crippen molar-refractivity contribution in [2.75, 3.05) is 20.2 Å². The van der Waals surface area contributed by atoms with Gasteiger partial charge in [0.05, 0.1) is 6.20 Å². The molecule has 1 N–H and O–H groups in total. The number of benzene rings is 2. The Morgan fingerprint density at radius 3 is 2.74 bits per heavy atom. The Hall–Kier alpha value is -2.75. The molecule has 0 amide bonds. The first-order valence-corrected chi connectivity index (χ1v) is 13.0. The standard InChI is InChI=1S/C25H27FN4O3S/c1-29-15-20(14-27-29)34(31,32)28-8-9-33-19-7-6-17-13-25(23-24(25)30(23)2)22(21(17)12-19)11-16-4-3-5-18(26)10-16/h3-7,10,12,14-15,22-24,28H,8-9,11,13H2,1-2H3. The number of aryl methyl sites for hydroxylation is 1. The molecule has 1 spiro atoms. The van der Waals surface area contributed by atoms with Gasteiger partial charge in [0.25, 0.3) is 0 Å². The summed E-state index contributed by atoms with van der Waals surface area (Å²) in [4.78, 5) is 2.54. The highest BCUT2D eigenvalue weighted by atomic mass is 32.2. The molecular weight excluding hydrogens is 455 g/mol. The number of aromatic nitrogens is 2. The first-order valence-electron chi connectivity index (χ1n) is 11.5. The van der Waals surface area contributed by atoms with Crippen molar-refractivity contribution in [1.82, 2.24) is 19.4 Å². The van der Waals surface area contributed by atoms with Gasteiger partial charge in [-0.25, -0.2) is 17.5 Å². The van der Waals surface area contributed by atoms with Crippen LogP contribution in [0.1, 0.15) is 22.6 Å². The van der Waals surface area contributed by atoms with Crippen molar-refractivity contribution in [1.29, 1.82) is 0 Å². The van der Waals surface area contributed by atoms with Gasteiger partial charge in [-0.05, 0) is 66.8 Å². The Balaban J connectivity index is 1.15. The quantitative estimate of drug-likeness (QED) is 0.394. The van der Waals surface area contributed by atoms with E-state index in [1.807, 2.05) is 12.1 Å². The third-order valence-electron chi connectivity index (χ3n) is 7.70. The maximum Gasteiger partial charge on any atom is 0.243 e. The van der Waals surface area contributed by atoms with Gasteiger partial charge in [0.15, 0.2) is 0 Å². The van der Waals surface area contributed by atoms with Crippen LogP contribution in [0.5, 0.6) is 5.75 Å². The summed E-state index contributed by atoms with van der Waals surface area (Å²) in [5, 5.41) is 3.91. The highest BCUT2D eigenvalue weighted by Crippen LogP contribution is 2.76. The molecule has 3 aromatic rings. The maximum atomic E-state index is 13.8. The molecule has 2 fully saturated rings. The second-order valence-corrected chi connectivity index (χ2v) is 11.5. The van der Waals surface area contributed by atoms with Gasteiger partial charge in [0.1, 0.15) is 23.1 Å². The number of nitrogens with zero attached hydrogens (tertiary/aromatic N) is 3. The van der Waals surface area contributed by atoms with E-state index < -0.39 is 10.0 Å². The average molecular weight is 483 g/mol. The monoisotopic (exact) mass is 482 g/mol. The molecule has 2 heterocycles.